The molecule has 84 valence electrons. The van der Waals surface area contributed by atoms with E-state index in [9.17, 15) is 9.46 Å². The number of benzene rings is 1. The fourth-order valence-electron chi connectivity index (χ4n) is 1.13. The molecule has 1 unspecified atom stereocenters. The lowest BCUT2D eigenvalue weighted by molar-refractivity contribution is 0.228. The van der Waals surface area contributed by atoms with E-state index in [4.69, 9.17) is 4.52 Å². The molecule has 1 rings (SSSR count). The van der Waals surface area contributed by atoms with Gasteiger partial charge in [0.15, 0.2) is 0 Å². The van der Waals surface area contributed by atoms with Crippen LogP contribution in [0.15, 0.2) is 30.3 Å². The van der Waals surface area contributed by atoms with E-state index in [1.165, 1.54) is 0 Å². The van der Waals surface area contributed by atoms with Crippen molar-refractivity contribution in [2.45, 2.75) is 20.0 Å². The lowest BCUT2D eigenvalue weighted by Crippen LogP contribution is -2.01. The Bertz CT molecular complexity index is 335. The molecule has 0 aromatic heterocycles. The molecule has 1 aromatic rings. The number of rotatable bonds is 5. The standard InChI is InChI=1S/C11H17O3P/c1-10(2)8-14-15(12,13)9-11-6-4-3-5-7-11/h3-7,10H,8-9H2,1-2H3,(H,12,13). The molecule has 0 amide bonds. The largest absolute Gasteiger partial charge is 0.332 e. The molecule has 1 N–H and O–H groups in total. The highest BCUT2D eigenvalue weighted by atomic mass is 31.2. The van der Waals surface area contributed by atoms with Gasteiger partial charge in [0.1, 0.15) is 0 Å². The lowest BCUT2D eigenvalue weighted by Gasteiger charge is -2.13. The Morgan fingerprint density at radius 2 is 1.93 bits per heavy atom. The second-order valence-electron chi connectivity index (χ2n) is 3.97. The van der Waals surface area contributed by atoms with Crippen LogP contribution in [0.4, 0.5) is 0 Å². The van der Waals surface area contributed by atoms with Crippen LogP contribution < -0.4 is 0 Å². The molecule has 15 heavy (non-hydrogen) atoms. The van der Waals surface area contributed by atoms with Crippen molar-refractivity contribution in [2.75, 3.05) is 6.61 Å². The average molecular weight is 228 g/mol. The highest BCUT2D eigenvalue weighted by Crippen LogP contribution is 2.45. The van der Waals surface area contributed by atoms with Gasteiger partial charge in [-0.05, 0) is 11.5 Å². The first-order chi connectivity index (χ1) is 6.99. The summed E-state index contributed by atoms with van der Waals surface area (Å²) in [6.07, 6.45) is 0.0839. The third-order valence-electron chi connectivity index (χ3n) is 1.83. The Hall–Kier alpha value is -0.630. The fourth-order valence-corrected chi connectivity index (χ4v) is 2.42. The molecule has 0 heterocycles. The van der Waals surface area contributed by atoms with Crippen molar-refractivity contribution in [1.29, 1.82) is 0 Å². The van der Waals surface area contributed by atoms with Crippen LogP contribution >= 0.6 is 7.60 Å². The van der Waals surface area contributed by atoms with Crippen LogP contribution in [0, 0.1) is 5.92 Å². The molecule has 0 saturated heterocycles. The van der Waals surface area contributed by atoms with Crippen molar-refractivity contribution in [3.63, 3.8) is 0 Å². The second-order valence-corrected chi connectivity index (χ2v) is 5.82. The van der Waals surface area contributed by atoms with E-state index in [0.717, 1.165) is 5.56 Å². The monoisotopic (exact) mass is 228 g/mol. The van der Waals surface area contributed by atoms with Gasteiger partial charge in [0.2, 0.25) is 0 Å². The fraction of sp³-hybridized carbons (Fsp3) is 0.455. The Labute approximate surface area is 90.6 Å². The minimum absolute atomic E-state index is 0.0839. The molecule has 0 bridgehead atoms. The van der Waals surface area contributed by atoms with E-state index in [-0.39, 0.29) is 12.1 Å². The lowest BCUT2D eigenvalue weighted by atomic mass is 10.2. The van der Waals surface area contributed by atoms with Crippen LogP contribution in [0.5, 0.6) is 0 Å². The summed E-state index contributed by atoms with van der Waals surface area (Å²) in [6.45, 7) is 4.21. The molecule has 4 heteroatoms. The van der Waals surface area contributed by atoms with Crippen LogP contribution in [-0.4, -0.2) is 11.5 Å². The Morgan fingerprint density at radius 1 is 1.33 bits per heavy atom. The first kappa shape index (κ1) is 12.4. The molecule has 0 aliphatic rings. The van der Waals surface area contributed by atoms with Gasteiger partial charge in [-0.2, -0.15) is 0 Å². The molecule has 0 spiro atoms. The molecule has 0 radical (unpaired) electrons. The summed E-state index contributed by atoms with van der Waals surface area (Å²) in [5, 5.41) is 0. The van der Waals surface area contributed by atoms with E-state index in [1.807, 2.05) is 44.2 Å². The highest BCUT2D eigenvalue weighted by Gasteiger charge is 2.20. The molecule has 0 aliphatic heterocycles. The quantitative estimate of drug-likeness (QED) is 0.788. The minimum atomic E-state index is -3.47. The molecule has 3 nitrogen and oxygen atoms in total. The average Bonchev–Trinajstić information content (AvgIpc) is 2.16. The third kappa shape index (κ3) is 5.12. The van der Waals surface area contributed by atoms with Gasteiger partial charge in [-0.3, -0.25) is 4.57 Å². The summed E-state index contributed by atoms with van der Waals surface area (Å²) < 4.78 is 16.6. The zero-order valence-corrected chi connectivity index (χ0v) is 9.98. The van der Waals surface area contributed by atoms with E-state index in [1.54, 1.807) is 0 Å². The van der Waals surface area contributed by atoms with Crippen LogP contribution in [0.25, 0.3) is 0 Å². The Balaban J connectivity index is 2.53. The number of hydrogen-bond acceptors (Lipinski definition) is 2. The summed E-state index contributed by atoms with van der Waals surface area (Å²) in [7, 11) is -3.47. The Morgan fingerprint density at radius 3 is 2.47 bits per heavy atom. The predicted molar refractivity (Wildman–Crippen MR) is 60.8 cm³/mol. The molecule has 1 aromatic carbocycles. The second kappa shape index (κ2) is 5.45. The van der Waals surface area contributed by atoms with Crippen molar-refractivity contribution in [3.05, 3.63) is 35.9 Å². The van der Waals surface area contributed by atoms with Crippen LogP contribution in [-0.2, 0) is 15.3 Å². The summed E-state index contributed by atoms with van der Waals surface area (Å²) in [4.78, 5) is 9.55. The molecule has 0 aliphatic carbocycles. The van der Waals surface area contributed by atoms with Gasteiger partial charge in [0, 0.05) is 0 Å². The van der Waals surface area contributed by atoms with Gasteiger partial charge in [0.05, 0.1) is 12.8 Å². The van der Waals surface area contributed by atoms with Crippen molar-refractivity contribution < 1.29 is 14.0 Å². The molecule has 0 fully saturated rings. The van der Waals surface area contributed by atoms with Crippen LogP contribution in [0.3, 0.4) is 0 Å². The van der Waals surface area contributed by atoms with E-state index in [2.05, 4.69) is 0 Å². The van der Waals surface area contributed by atoms with Gasteiger partial charge in [-0.25, -0.2) is 0 Å². The summed E-state index contributed by atoms with van der Waals surface area (Å²) in [6, 6.07) is 9.21. The first-order valence-corrected chi connectivity index (χ1v) is 6.76. The zero-order valence-electron chi connectivity index (χ0n) is 9.09. The van der Waals surface area contributed by atoms with Crippen molar-refractivity contribution >= 4 is 7.60 Å². The third-order valence-corrected chi connectivity index (χ3v) is 3.15. The highest BCUT2D eigenvalue weighted by molar-refractivity contribution is 7.51. The summed E-state index contributed by atoms with van der Waals surface area (Å²) in [5.74, 6) is 0.265. The van der Waals surface area contributed by atoms with Crippen molar-refractivity contribution in [2.24, 2.45) is 5.92 Å². The maximum absolute atomic E-state index is 11.6. The van der Waals surface area contributed by atoms with Gasteiger partial charge in [-0.1, -0.05) is 44.2 Å². The van der Waals surface area contributed by atoms with E-state index in [0.29, 0.717) is 6.61 Å². The van der Waals surface area contributed by atoms with Crippen LogP contribution in [0.1, 0.15) is 19.4 Å². The van der Waals surface area contributed by atoms with E-state index >= 15 is 0 Å². The molecular formula is C11H17O3P. The Kier molecular flexibility index (Phi) is 4.52. The maximum atomic E-state index is 11.6. The van der Waals surface area contributed by atoms with Crippen molar-refractivity contribution in [3.8, 4) is 0 Å². The van der Waals surface area contributed by atoms with Gasteiger partial charge < -0.3 is 9.42 Å². The number of hydrogen-bond donors (Lipinski definition) is 1. The van der Waals surface area contributed by atoms with Gasteiger partial charge in [-0.15, -0.1) is 0 Å². The summed E-state index contributed by atoms with van der Waals surface area (Å²) in [5.41, 5.74) is 0.826. The van der Waals surface area contributed by atoms with Gasteiger partial charge >= 0.3 is 7.60 Å². The molecular weight excluding hydrogens is 211 g/mol. The minimum Gasteiger partial charge on any atom is -0.324 e. The normalized spacial score (nSPS) is 15.2. The predicted octanol–water partition coefficient (Wildman–Crippen LogP) is 3.04. The van der Waals surface area contributed by atoms with Gasteiger partial charge in [0.25, 0.3) is 0 Å². The molecule has 0 saturated carbocycles. The van der Waals surface area contributed by atoms with Crippen molar-refractivity contribution in [1.82, 2.24) is 0 Å². The van der Waals surface area contributed by atoms with Crippen LogP contribution in [0.2, 0.25) is 0 Å². The first-order valence-electron chi connectivity index (χ1n) is 5.00. The maximum Gasteiger partial charge on any atom is 0.332 e. The molecule has 1 atom stereocenters. The van der Waals surface area contributed by atoms with E-state index < -0.39 is 7.60 Å². The SMILES string of the molecule is CC(C)COP(=O)(O)Cc1ccccc1. The zero-order chi connectivity index (χ0) is 11.3. The summed E-state index contributed by atoms with van der Waals surface area (Å²) >= 11 is 0. The topological polar surface area (TPSA) is 46.5 Å². The smallest absolute Gasteiger partial charge is 0.324 e.